The molecule has 8 heteroatoms. The highest BCUT2D eigenvalue weighted by molar-refractivity contribution is 6.43. The van der Waals surface area contributed by atoms with E-state index in [1.165, 1.54) is 6.07 Å². The molecule has 0 radical (unpaired) electrons. The third-order valence-corrected chi connectivity index (χ3v) is 5.89. The molecule has 0 heterocycles. The van der Waals surface area contributed by atoms with Gasteiger partial charge in [0.25, 0.3) is 0 Å². The Kier molecular flexibility index (Phi) is 7.95. The van der Waals surface area contributed by atoms with Crippen LogP contribution in [0.3, 0.4) is 0 Å². The van der Waals surface area contributed by atoms with Gasteiger partial charge in [0.1, 0.15) is 0 Å². The molecule has 1 amide bonds. The molecule has 158 valence electrons. The average molecular weight is 448 g/mol. The van der Waals surface area contributed by atoms with Gasteiger partial charge in [0, 0.05) is 22.9 Å². The lowest BCUT2D eigenvalue weighted by Crippen LogP contribution is -2.49. The van der Waals surface area contributed by atoms with Crippen molar-refractivity contribution in [3.8, 4) is 0 Å². The molecule has 1 fully saturated rings. The molecule has 0 saturated heterocycles. The summed E-state index contributed by atoms with van der Waals surface area (Å²) >= 11 is 12.2. The highest BCUT2D eigenvalue weighted by atomic mass is 35.5. The molecule has 1 aliphatic carbocycles. The lowest BCUT2D eigenvalue weighted by Gasteiger charge is -2.22. The van der Waals surface area contributed by atoms with Crippen LogP contribution in [0.5, 0.6) is 0 Å². The summed E-state index contributed by atoms with van der Waals surface area (Å²) in [4.78, 5) is 25.9. The van der Waals surface area contributed by atoms with Crippen molar-refractivity contribution in [2.24, 2.45) is 11.8 Å². The fourth-order valence-electron chi connectivity index (χ4n) is 3.47. The molecule has 0 aromatic heterocycles. The van der Waals surface area contributed by atoms with E-state index >= 15 is 0 Å². The summed E-state index contributed by atoms with van der Waals surface area (Å²) in [5.41, 5.74) is 1.18. The molecule has 2 aromatic rings. The lowest BCUT2D eigenvalue weighted by atomic mass is 9.76. The normalized spacial score (nSPS) is 15.3. The number of ketones is 1. The fraction of sp³-hybridized carbons (Fsp3) is 0.364. The summed E-state index contributed by atoms with van der Waals surface area (Å²) in [6.45, 7) is 0. The van der Waals surface area contributed by atoms with Crippen molar-refractivity contribution < 1.29 is 19.6 Å². The molecule has 0 aliphatic heterocycles. The smallest absolute Gasteiger partial charge is 0.426 e. The van der Waals surface area contributed by atoms with Crippen molar-refractivity contribution in [2.75, 3.05) is 0 Å². The van der Waals surface area contributed by atoms with E-state index in [1.54, 1.807) is 12.1 Å². The Morgan fingerprint density at radius 3 is 2.43 bits per heavy atom. The van der Waals surface area contributed by atoms with Gasteiger partial charge < -0.3 is 15.4 Å². The molecule has 30 heavy (non-hydrogen) atoms. The van der Waals surface area contributed by atoms with Crippen LogP contribution < -0.4 is 5.32 Å². The maximum Gasteiger partial charge on any atom is 0.475 e. The second-order valence-corrected chi connectivity index (χ2v) is 8.69. The molecule has 1 aliphatic rings. The van der Waals surface area contributed by atoms with Gasteiger partial charge in [-0.1, -0.05) is 66.4 Å². The van der Waals surface area contributed by atoms with Crippen molar-refractivity contribution >= 4 is 42.0 Å². The van der Waals surface area contributed by atoms with Crippen LogP contribution in [-0.4, -0.2) is 34.8 Å². The number of nitrogens with one attached hydrogen (secondary N) is 1. The first-order chi connectivity index (χ1) is 14.3. The van der Waals surface area contributed by atoms with E-state index in [2.05, 4.69) is 5.32 Å². The van der Waals surface area contributed by atoms with Crippen LogP contribution in [0.15, 0.2) is 48.5 Å². The maximum absolute atomic E-state index is 13.0. The number of halogens is 2. The summed E-state index contributed by atoms with van der Waals surface area (Å²) in [6, 6.07) is 14.0. The van der Waals surface area contributed by atoms with Gasteiger partial charge >= 0.3 is 7.12 Å². The lowest BCUT2D eigenvalue weighted by molar-refractivity contribution is -0.125. The molecule has 5 nitrogen and oxygen atoms in total. The van der Waals surface area contributed by atoms with E-state index in [4.69, 9.17) is 23.2 Å². The summed E-state index contributed by atoms with van der Waals surface area (Å²) in [6.07, 6.45) is 2.83. The Morgan fingerprint density at radius 1 is 1.10 bits per heavy atom. The first-order valence-electron chi connectivity index (χ1n) is 10.0. The topological polar surface area (TPSA) is 86.6 Å². The Labute approximate surface area is 186 Å². The molecular formula is C22H24BCl2NO4. The van der Waals surface area contributed by atoms with Crippen molar-refractivity contribution in [1.82, 2.24) is 5.32 Å². The Morgan fingerprint density at radius 2 is 1.80 bits per heavy atom. The number of amides is 1. The van der Waals surface area contributed by atoms with Gasteiger partial charge in [0.2, 0.25) is 5.91 Å². The number of carbonyl (C=O) groups excluding carboxylic acids is 2. The van der Waals surface area contributed by atoms with Crippen molar-refractivity contribution in [3.63, 3.8) is 0 Å². The second kappa shape index (κ2) is 10.4. The summed E-state index contributed by atoms with van der Waals surface area (Å²) in [5.74, 6) is -1.72. The summed E-state index contributed by atoms with van der Waals surface area (Å²) in [5, 5.41) is 22.8. The minimum absolute atomic E-state index is 0.0710. The monoisotopic (exact) mass is 447 g/mol. The van der Waals surface area contributed by atoms with Crippen LogP contribution in [0.4, 0.5) is 0 Å². The minimum atomic E-state index is -1.65. The van der Waals surface area contributed by atoms with Crippen LogP contribution >= 0.6 is 23.2 Å². The standard InChI is InChI=1S/C22H24BCl2NO4/c24-17-8-9-19(25)18(13-17)20(27)12-16(10-14-4-2-1-3-5-14)22(28)26-21(23(29)30)11-15-6-7-15/h1-5,8-9,13,15-16,21,29-30H,6-7,10-12H2,(H,26,28)/t16-,21+/m1/s1. The molecule has 0 spiro atoms. The van der Waals surface area contributed by atoms with Crippen LogP contribution in [0.2, 0.25) is 10.0 Å². The molecule has 2 aromatic carbocycles. The zero-order valence-electron chi connectivity index (χ0n) is 16.4. The SMILES string of the molecule is O=C(C[C@@H](Cc1ccccc1)C(=O)N[C@@H](CC1CC1)B(O)O)c1cc(Cl)ccc1Cl. The number of Topliss-reactive ketones (excluding diaryl/α,β-unsaturated/α-hetero) is 1. The van der Waals surface area contributed by atoms with Crippen LogP contribution in [0.1, 0.15) is 41.6 Å². The Balaban J connectivity index is 1.77. The van der Waals surface area contributed by atoms with Gasteiger partial charge in [-0.05, 0) is 42.5 Å². The van der Waals surface area contributed by atoms with Gasteiger partial charge in [-0.2, -0.15) is 0 Å². The Hall–Kier alpha value is -1.86. The first kappa shape index (κ1) is 22.8. The van der Waals surface area contributed by atoms with Gasteiger partial charge in [0.15, 0.2) is 5.78 Å². The van der Waals surface area contributed by atoms with Gasteiger partial charge in [-0.15, -0.1) is 0 Å². The third kappa shape index (κ3) is 6.57. The molecule has 3 N–H and O–H groups in total. The average Bonchev–Trinajstić information content (AvgIpc) is 3.53. The molecular weight excluding hydrogens is 424 g/mol. The van der Waals surface area contributed by atoms with Crippen LogP contribution in [0.25, 0.3) is 0 Å². The maximum atomic E-state index is 13.0. The largest absolute Gasteiger partial charge is 0.475 e. The van der Waals surface area contributed by atoms with Gasteiger partial charge in [0.05, 0.1) is 11.0 Å². The van der Waals surface area contributed by atoms with Crippen molar-refractivity contribution in [2.45, 2.75) is 38.0 Å². The predicted molar refractivity (Wildman–Crippen MR) is 119 cm³/mol. The van der Waals surface area contributed by atoms with Crippen molar-refractivity contribution in [3.05, 3.63) is 69.7 Å². The van der Waals surface area contributed by atoms with E-state index < -0.39 is 19.0 Å². The van der Waals surface area contributed by atoms with Crippen molar-refractivity contribution in [1.29, 1.82) is 0 Å². The summed E-state index contributed by atoms with van der Waals surface area (Å²) < 4.78 is 0. The van der Waals surface area contributed by atoms with E-state index in [9.17, 15) is 19.6 Å². The van der Waals surface area contributed by atoms with E-state index in [1.807, 2.05) is 30.3 Å². The summed E-state index contributed by atoms with van der Waals surface area (Å²) in [7, 11) is -1.65. The van der Waals surface area contributed by atoms with E-state index in [-0.39, 0.29) is 28.7 Å². The molecule has 0 unspecified atom stereocenters. The molecule has 0 bridgehead atoms. The zero-order chi connectivity index (χ0) is 21.7. The predicted octanol–water partition coefficient (Wildman–Crippen LogP) is 3.72. The zero-order valence-corrected chi connectivity index (χ0v) is 17.9. The number of hydrogen-bond donors (Lipinski definition) is 3. The molecule has 2 atom stereocenters. The number of hydrogen-bond acceptors (Lipinski definition) is 4. The quantitative estimate of drug-likeness (QED) is 0.382. The number of rotatable bonds is 10. The Bertz CT molecular complexity index is 890. The second-order valence-electron chi connectivity index (χ2n) is 7.85. The minimum Gasteiger partial charge on any atom is -0.426 e. The number of carbonyl (C=O) groups is 2. The third-order valence-electron chi connectivity index (χ3n) is 5.33. The highest BCUT2D eigenvalue weighted by Crippen LogP contribution is 2.34. The molecule has 3 rings (SSSR count). The number of benzene rings is 2. The van der Waals surface area contributed by atoms with Gasteiger partial charge in [-0.25, -0.2) is 0 Å². The van der Waals surface area contributed by atoms with Crippen LogP contribution in [-0.2, 0) is 11.2 Å². The van der Waals surface area contributed by atoms with Crippen LogP contribution in [0, 0.1) is 11.8 Å². The molecule has 1 saturated carbocycles. The highest BCUT2D eigenvalue weighted by Gasteiger charge is 2.34. The first-order valence-corrected chi connectivity index (χ1v) is 10.8. The van der Waals surface area contributed by atoms with E-state index in [0.29, 0.717) is 23.8 Å². The van der Waals surface area contributed by atoms with Gasteiger partial charge in [-0.3, -0.25) is 9.59 Å². The van der Waals surface area contributed by atoms with E-state index in [0.717, 1.165) is 18.4 Å². The fourth-order valence-corrected chi connectivity index (χ4v) is 3.86.